The van der Waals surface area contributed by atoms with Crippen LogP contribution in [-0.4, -0.2) is 36.0 Å². The first-order chi connectivity index (χ1) is 12.9. The van der Waals surface area contributed by atoms with Crippen molar-refractivity contribution in [2.45, 2.75) is 38.8 Å². The fourth-order valence-corrected chi connectivity index (χ4v) is 3.37. The van der Waals surface area contributed by atoms with Gasteiger partial charge in [0.15, 0.2) is 0 Å². The number of cyclic esters (lactones) is 1. The molecule has 0 aliphatic carbocycles. The fraction of sp³-hybridized carbons (Fsp3) is 0.400. The second-order valence-electron chi connectivity index (χ2n) is 7.13. The van der Waals surface area contributed by atoms with Crippen LogP contribution in [0, 0.1) is 0 Å². The van der Waals surface area contributed by atoms with Gasteiger partial charge in [-0.1, -0.05) is 12.1 Å². The Morgan fingerprint density at radius 1 is 1.30 bits per heavy atom. The quantitative estimate of drug-likeness (QED) is 0.766. The highest BCUT2D eigenvalue weighted by atomic mass is 19.1. The number of anilines is 1. The topological polar surface area (TPSA) is 60.9 Å². The molecular formula is C20H21FN2O4. The number of hydrogen-bond donors (Lipinski definition) is 0. The van der Waals surface area contributed by atoms with Crippen molar-refractivity contribution in [1.82, 2.24) is 4.98 Å². The minimum absolute atomic E-state index is 0.198. The lowest BCUT2D eigenvalue weighted by atomic mass is 10.1. The number of fused-ring (bicyclic) bond motifs is 1. The van der Waals surface area contributed by atoms with Gasteiger partial charge in [0, 0.05) is 32.2 Å². The smallest absolute Gasteiger partial charge is 0.349 e. The lowest BCUT2D eigenvalue weighted by Gasteiger charge is -2.32. The van der Waals surface area contributed by atoms with E-state index in [-0.39, 0.29) is 12.2 Å². The SMILES string of the molecule is CC1(C)OC(=O)c2c(OCc3cccnc3N3CC[C@H](F)C3)cccc2O1. The van der Waals surface area contributed by atoms with Crippen molar-refractivity contribution in [3.8, 4) is 11.5 Å². The van der Waals surface area contributed by atoms with Crippen molar-refractivity contribution >= 4 is 11.8 Å². The van der Waals surface area contributed by atoms with E-state index in [4.69, 9.17) is 14.2 Å². The van der Waals surface area contributed by atoms with Crippen LogP contribution in [0.25, 0.3) is 0 Å². The summed E-state index contributed by atoms with van der Waals surface area (Å²) >= 11 is 0. The highest BCUT2D eigenvalue weighted by Gasteiger charge is 2.36. The number of pyridine rings is 1. The first-order valence-electron chi connectivity index (χ1n) is 8.94. The zero-order valence-electron chi connectivity index (χ0n) is 15.3. The Morgan fingerprint density at radius 2 is 2.15 bits per heavy atom. The number of alkyl halides is 1. The highest BCUT2D eigenvalue weighted by Crippen LogP contribution is 2.37. The van der Waals surface area contributed by atoms with E-state index < -0.39 is 17.9 Å². The number of hydrogen-bond acceptors (Lipinski definition) is 6. The number of halogens is 1. The van der Waals surface area contributed by atoms with E-state index in [2.05, 4.69) is 4.98 Å². The number of benzene rings is 1. The summed E-state index contributed by atoms with van der Waals surface area (Å²) in [6, 6.07) is 8.88. The van der Waals surface area contributed by atoms with Gasteiger partial charge < -0.3 is 19.1 Å². The molecule has 0 spiro atoms. The zero-order valence-corrected chi connectivity index (χ0v) is 15.3. The van der Waals surface area contributed by atoms with Gasteiger partial charge in [0.2, 0.25) is 5.79 Å². The molecule has 27 heavy (non-hydrogen) atoms. The second-order valence-corrected chi connectivity index (χ2v) is 7.13. The molecule has 2 aliphatic rings. The van der Waals surface area contributed by atoms with E-state index in [0.717, 1.165) is 5.56 Å². The van der Waals surface area contributed by atoms with Crippen LogP contribution in [0.1, 0.15) is 36.2 Å². The van der Waals surface area contributed by atoms with Gasteiger partial charge in [-0.05, 0) is 24.6 Å². The third-order valence-corrected chi connectivity index (χ3v) is 4.57. The maximum atomic E-state index is 13.6. The van der Waals surface area contributed by atoms with Gasteiger partial charge in [0.25, 0.3) is 0 Å². The summed E-state index contributed by atoms with van der Waals surface area (Å²) in [5, 5.41) is 0. The lowest BCUT2D eigenvalue weighted by molar-refractivity contribution is -0.127. The largest absolute Gasteiger partial charge is 0.488 e. The van der Waals surface area contributed by atoms with Gasteiger partial charge in [-0.15, -0.1) is 0 Å². The van der Waals surface area contributed by atoms with Crippen molar-refractivity contribution < 1.29 is 23.4 Å². The minimum Gasteiger partial charge on any atom is -0.488 e. The molecule has 1 saturated heterocycles. The van der Waals surface area contributed by atoms with Crippen molar-refractivity contribution in [3.05, 3.63) is 47.7 Å². The van der Waals surface area contributed by atoms with Gasteiger partial charge in [-0.3, -0.25) is 0 Å². The normalized spacial score (nSPS) is 20.6. The van der Waals surface area contributed by atoms with E-state index >= 15 is 0 Å². The summed E-state index contributed by atoms with van der Waals surface area (Å²) in [4.78, 5) is 18.7. The van der Waals surface area contributed by atoms with E-state index in [0.29, 0.717) is 36.8 Å². The summed E-state index contributed by atoms with van der Waals surface area (Å²) in [5.74, 6) is 0.0239. The van der Waals surface area contributed by atoms with Gasteiger partial charge in [-0.2, -0.15) is 0 Å². The van der Waals surface area contributed by atoms with Crippen LogP contribution in [0.3, 0.4) is 0 Å². The van der Waals surface area contributed by atoms with Crippen molar-refractivity contribution in [2.75, 3.05) is 18.0 Å². The Kier molecular flexibility index (Phi) is 4.37. The Balaban J connectivity index is 1.57. The van der Waals surface area contributed by atoms with Gasteiger partial charge in [0.05, 0.1) is 6.54 Å². The van der Waals surface area contributed by atoms with Gasteiger partial charge in [-0.25, -0.2) is 14.2 Å². The Morgan fingerprint density at radius 3 is 2.93 bits per heavy atom. The standard InChI is InChI=1S/C20H21FN2O4/c1-20(2)26-16-7-3-6-15(17(16)19(24)27-20)25-12-13-5-4-9-22-18(13)23-10-8-14(21)11-23/h3-7,9,14H,8,10-12H2,1-2H3/t14-/m0/s1. The molecule has 0 saturated carbocycles. The molecule has 0 N–H and O–H groups in total. The number of aromatic nitrogens is 1. The third kappa shape index (κ3) is 3.54. The Bertz CT molecular complexity index is 871. The summed E-state index contributed by atoms with van der Waals surface area (Å²) in [7, 11) is 0. The molecule has 3 heterocycles. The molecule has 142 valence electrons. The molecule has 0 unspecified atom stereocenters. The van der Waals surface area contributed by atoms with Gasteiger partial charge >= 0.3 is 5.97 Å². The lowest BCUT2D eigenvalue weighted by Crippen LogP contribution is -2.39. The number of nitrogens with zero attached hydrogens (tertiary/aromatic N) is 2. The van der Waals surface area contributed by atoms with Crippen LogP contribution in [0.4, 0.5) is 10.2 Å². The third-order valence-electron chi connectivity index (χ3n) is 4.57. The number of rotatable bonds is 4. The average Bonchev–Trinajstić information content (AvgIpc) is 3.05. The van der Waals surface area contributed by atoms with Crippen molar-refractivity contribution in [1.29, 1.82) is 0 Å². The van der Waals surface area contributed by atoms with E-state index in [1.807, 2.05) is 17.0 Å². The molecule has 0 radical (unpaired) electrons. The van der Waals surface area contributed by atoms with Crippen LogP contribution < -0.4 is 14.4 Å². The first-order valence-corrected chi connectivity index (χ1v) is 8.94. The molecule has 2 aromatic rings. The molecule has 1 aromatic carbocycles. The zero-order chi connectivity index (χ0) is 19.0. The van der Waals surface area contributed by atoms with Crippen LogP contribution in [-0.2, 0) is 11.3 Å². The van der Waals surface area contributed by atoms with Crippen LogP contribution in [0.15, 0.2) is 36.5 Å². The number of carbonyl (C=O) groups is 1. The first kappa shape index (κ1) is 17.6. The Labute approximate surface area is 156 Å². The number of esters is 1. The molecule has 1 aromatic heterocycles. The second kappa shape index (κ2) is 6.72. The summed E-state index contributed by atoms with van der Waals surface area (Å²) in [6.07, 6.45) is 1.35. The van der Waals surface area contributed by atoms with Crippen LogP contribution in [0.5, 0.6) is 11.5 Å². The molecule has 7 heteroatoms. The number of ether oxygens (including phenoxy) is 3. The highest BCUT2D eigenvalue weighted by molar-refractivity contribution is 5.96. The van der Waals surface area contributed by atoms with Crippen molar-refractivity contribution in [3.63, 3.8) is 0 Å². The molecule has 0 amide bonds. The molecular weight excluding hydrogens is 351 g/mol. The van der Waals surface area contributed by atoms with Gasteiger partial charge in [0.1, 0.15) is 35.7 Å². The molecule has 6 nitrogen and oxygen atoms in total. The van der Waals surface area contributed by atoms with Crippen LogP contribution in [0.2, 0.25) is 0 Å². The minimum atomic E-state index is -1.02. The molecule has 2 aliphatic heterocycles. The number of carbonyl (C=O) groups excluding carboxylic acids is 1. The predicted molar refractivity (Wildman–Crippen MR) is 96.9 cm³/mol. The molecule has 1 fully saturated rings. The molecule has 1 atom stereocenters. The maximum Gasteiger partial charge on any atom is 0.349 e. The van der Waals surface area contributed by atoms with E-state index in [1.165, 1.54) is 0 Å². The summed E-state index contributed by atoms with van der Waals surface area (Å²) < 4.78 is 30.5. The fourth-order valence-electron chi connectivity index (χ4n) is 3.37. The summed E-state index contributed by atoms with van der Waals surface area (Å²) in [5.41, 5.74) is 1.10. The van der Waals surface area contributed by atoms with Crippen LogP contribution >= 0.6 is 0 Å². The molecule has 0 bridgehead atoms. The van der Waals surface area contributed by atoms with E-state index in [1.54, 1.807) is 38.2 Å². The monoisotopic (exact) mass is 372 g/mol. The Hall–Kier alpha value is -2.83. The van der Waals surface area contributed by atoms with Crippen molar-refractivity contribution in [2.24, 2.45) is 0 Å². The summed E-state index contributed by atoms with van der Waals surface area (Å²) in [6.45, 7) is 4.51. The molecule has 4 rings (SSSR count). The average molecular weight is 372 g/mol. The van der Waals surface area contributed by atoms with E-state index in [9.17, 15) is 9.18 Å². The predicted octanol–water partition coefficient (Wildman–Crippen LogP) is 3.49. The maximum absolute atomic E-state index is 13.6.